The Bertz CT molecular complexity index is 499. The third-order valence-corrected chi connectivity index (χ3v) is 6.07. The lowest BCUT2D eigenvalue weighted by Crippen LogP contribution is -2.46. The topological polar surface area (TPSA) is 64.6 Å². The van der Waals surface area contributed by atoms with Crippen molar-refractivity contribution < 1.29 is 19.1 Å². The maximum absolute atomic E-state index is 12.4. The summed E-state index contributed by atoms with van der Waals surface area (Å²) < 4.78 is 10.6. The molecular weight excluding hydrogens is 426 g/mol. The summed E-state index contributed by atoms with van der Waals surface area (Å²) in [7, 11) is 0. The summed E-state index contributed by atoms with van der Waals surface area (Å²) in [5.74, 6) is -0.427. The summed E-state index contributed by atoms with van der Waals surface area (Å²) >= 11 is 0. The Labute approximate surface area is 211 Å². The highest BCUT2D eigenvalue weighted by molar-refractivity contribution is 5.81. The standard InChI is InChI=1S/C29H57NO4/c1-7-8-9-10-11-12-13-14-15-16-17-18-19-20-21-22-23-33-27(31)26(25(2)3)30-28(32)34-24-29(4,5)6/h25-26H,7-24H2,1-6H3,(H,30,32). The first-order valence-electron chi connectivity index (χ1n) is 14.3. The van der Waals surface area contributed by atoms with E-state index in [0.29, 0.717) is 13.2 Å². The third-order valence-electron chi connectivity index (χ3n) is 6.07. The van der Waals surface area contributed by atoms with Crippen molar-refractivity contribution in [2.24, 2.45) is 11.3 Å². The van der Waals surface area contributed by atoms with Crippen LogP contribution in [0.5, 0.6) is 0 Å². The molecule has 0 bridgehead atoms. The Balaban J connectivity index is 3.64. The Kier molecular flexibility index (Phi) is 20.3. The van der Waals surface area contributed by atoms with Crippen molar-refractivity contribution in [2.45, 2.75) is 150 Å². The van der Waals surface area contributed by atoms with Crippen molar-refractivity contribution in [3.8, 4) is 0 Å². The number of ether oxygens (including phenoxy) is 2. The summed E-state index contributed by atoms with van der Waals surface area (Å²) in [6.07, 6.45) is 20.5. The van der Waals surface area contributed by atoms with Crippen molar-refractivity contribution in [3.63, 3.8) is 0 Å². The average Bonchev–Trinajstić information content (AvgIpc) is 2.77. The lowest BCUT2D eigenvalue weighted by Gasteiger charge is -2.22. The van der Waals surface area contributed by atoms with E-state index in [4.69, 9.17) is 9.47 Å². The molecule has 0 saturated carbocycles. The van der Waals surface area contributed by atoms with Gasteiger partial charge in [-0.2, -0.15) is 0 Å². The van der Waals surface area contributed by atoms with Crippen LogP contribution in [0.15, 0.2) is 0 Å². The van der Waals surface area contributed by atoms with Crippen LogP contribution in [0.1, 0.15) is 144 Å². The van der Waals surface area contributed by atoms with E-state index >= 15 is 0 Å². The summed E-state index contributed by atoms with van der Waals surface area (Å²) in [6, 6.07) is -0.673. The monoisotopic (exact) mass is 483 g/mol. The van der Waals surface area contributed by atoms with Gasteiger partial charge in [-0.1, -0.05) is 138 Å². The van der Waals surface area contributed by atoms with E-state index in [1.165, 1.54) is 89.9 Å². The summed E-state index contributed by atoms with van der Waals surface area (Å²) in [4.78, 5) is 24.4. The maximum Gasteiger partial charge on any atom is 0.407 e. The van der Waals surface area contributed by atoms with Crippen molar-refractivity contribution >= 4 is 12.1 Å². The van der Waals surface area contributed by atoms with E-state index in [1.807, 2.05) is 34.6 Å². The van der Waals surface area contributed by atoms with Crippen LogP contribution in [0, 0.1) is 11.3 Å². The van der Waals surface area contributed by atoms with Crippen LogP contribution < -0.4 is 5.32 Å². The van der Waals surface area contributed by atoms with Crippen molar-refractivity contribution in [2.75, 3.05) is 13.2 Å². The number of hydrogen-bond donors (Lipinski definition) is 1. The highest BCUT2D eigenvalue weighted by Crippen LogP contribution is 2.15. The number of amides is 1. The predicted octanol–water partition coefficient (Wildman–Crippen LogP) is 8.59. The lowest BCUT2D eigenvalue weighted by molar-refractivity contribution is -0.147. The fourth-order valence-corrected chi connectivity index (χ4v) is 3.86. The zero-order chi connectivity index (χ0) is 25.7. The minimum absolute atomic E-state index is 0.0551. The summed E-state index contributed by atoms with van der Waals surface area (Å²) in [5, 5.41) is 2.66. The van der Waals surface area contributed by atoms with Gasteiger partial charge >= 0.3 is 12.1 Å². The van der Waals surface area contributed by atoms with E-state index < -0.39 is 12.1 Å². The van der Waals surface area contributed by atoms with Crippen LogP contribution in [-0.4, -0.2) is 31.3 Å². The van der Waals surface area contributed by atoms with Gasteiger partial charge in [0.1, 0.15) is 6.04 Å². The molecule has 0 aliphatic heterocycles. The van der Waals surface area contributed by atoms with Crippen molar-refractivity contribution in [1.82, 2.24) is 5.32 Å². The second kappa shape index (κ2) is 21.1. The molecule has 0 saturated heterocycles. The molecule has 0 fully saturated rings. The quantitative estimate of drug-likeness (QED) is 0.131. The molecule has 0 aliphatic carbocycles. The van der Waals surface area contributed by atoms with Gasteiger partial charge < -0.3 is 14.8 Å². The van der Waals surface area contributed by atoms with Gasteiger partial charge in [0.2, 0.25) is 0 Å². The lowest BCUT2D eigenvalue weighted by atomic mass is 9.99. The number of unbranched alkanes of at least 4 members (excludes halogenated alkanes) is 15. The minimum atomic E-state index is -0.673. The zero-order valence-corrected chi connectivity index (χ0v) is 23.5. The van der Waals surface area contributed by atoms with Gasteiger partial charge in [0.25, 0.3) is 0 Å². The number of carbonyl (C=O) groups is 2. The molecule has 0 aromatic rings. The molecule has 34 heavy (non-hydrogen) atoms. The van der Waals surface area contributed by atoms with Gasteiger partial charge in [-0.15, -0.1) is 0 Å². The third kappa shape index (κ3) is 21.3. The molecule has 5 nitrogen and oxygen atoms in total. The Morgan fingerprint density at radius 3 is 1.47 bits per heavy atom. The van der Waals surface area contributed by atoms with Crippen LogP contribution in [0.4, 0.5) is 4.79 Å². The van der Waals surface area contributed by atoms with Gasteiger partial charge in [-0.05, 0) is 17.8 Å². The first kappa shape index (κ1) is 32.7. The van der Waals surface area contributed by atoms with Gasteiger partial charge in [0.15, 0.2) is 0 Å². The Morgan fingerprint density at radius 1 is 0.676 bits per heavy atom. The van der Waals surface area contributed by atoms with Gasteiger partial charge in [-0.25, -0.2) is 9.59 Å². The number of esters is 1. The van der Waals surface area contributed by atoms with Gasteiger partial charge in [0, 0.05) is 0 Å². The molecule has 202 valence electrons. The van der Waals surface area contributed by atoms with Crippen LogP contribution in [0.3, 0.4) is 0 Å². The van der Waals surface area contributed by atoms with Crippen molar-refractivity contribution in [3.05, 3.63) is 0 Å². The van der Waals surface area contributed by atoms with Crippen molar-refractivity contribution in [1.29, 1.82) is 0 Å². The molecule has 0 spiro atoms. The SMILES string of the molecule is CCCCCCCCCCCCCCCCCCOC(=O)C(NC(=O)OCC(C)(C)C)C(C)C. The van der Waals surface area contributed by atoms with Crippen LogP contribution >= 0.6 is 0 Å². The molecule has 5 heteroatoms. The molecule has 1 unspecified atom stereocenters. The first-order chi connectivity index (χ1) is 16.2. The molecule has 1 N–H and O–H groups in total. The molecule has 0 rings (SSSR count). The second-order valence-electron chi connectivity index (χ2n) is 11.5. The molecule has 0 heterocycles. The molecule has 0 radical (unpaired) electrons. The van der Waals surface area contributed by atoms with E-state index in [2.05, 4.69) is 12.2 Å². The van der Waals surface area contributed by atoms with Crippen LogP contribution in [0.2, 0.25) is 0 Å². The smallest absolute Gasteiger partial charge is 0.407 e. The molecule has 0 aromatic heterocycles. The number of nitrogens with one attached hydrogen (secondary N) is 1. The fourth-order valence-electron chi connectivity index (χ4n) is 3.86. The Hall–Kier alpha value is -1.26. The number of hydrogen-bond acceptors (Lipinski definition) is 4. The largest absolute Gasteiger partial charge is 0.464 e. The zero-order valence-electron chi connectivity index (χ0n) is 23.5. The van der Waals surface area contributed by atoms with Crippen LogP contribution in [0.25, 0.3) is 0 Å². The molecule has 1 amide bonds. The minimum Gasteiger partial charge on any atom is -0.464 e. The van der Waals surface area contributed by atoms with E-state index in [9.17, 15) is 9.59 Å². The van der Waals surface area contributed by atoms with E-state index in [1.54, 1.807) is 0 Å². The highest BCUT2D eigenvalue weighted by Gasteiger charge is 2.26. The number of rotatable bonds is 21. The molecular formula is C29H57NO4. The maximum atomic E-state index is 12.4. The van der Waals surface area contributed by atoms with E-state index in [0.717, 1.165) is 12.8 Å². The molecule has 1 atom stereocenters. The average molecular weight is 484 g/mol. The number of carbonyl (C=O) groups excluding carboxylic acids is 2. The number of alkyl carbamates (subject to hydrolysis) is 1. The first-order valence-corrected chi connectivity index (χ1v) is 14.3. The molecule has 0 aromatic carbocycles. The highest BCUT2D eigenvalue weighted by atomic mass is 16.6. The normalized spacial score (nSPS) is 12.6. The van der Waals surface area contributed by atoms with Gasteiger partial charge in [0.05, 0.1) is 13.2 Å². The Morgan fingerprint density at radius 2 is 1.09 bits per heavy atom. The van der Waals surface area contributed by atoms with E-state index in [-0.39, 0.29) is 17.3 Å². The predicted molar refractivity (Wildman–Crippen MR) is 143 cm³/mol. The summed E-state index contributed by atoms with van der Waals surface area (Å²) in [6.45, 7) is 12.8. The van der Waals surface area contributed by atoms with Crippen LogP contribution in [-0.2, 0) is 14.3 Å². The summed E-state index contributed by atoms with van der Waals surface area (Å²) in [5.41, 5.74) is -0.113. The van der Waals surface area contributed by atoms with Gasteiger partial charge in [-0.3, -0.25) is 0 Å². The second-order valence-corrected chi connectivity index (χ2v) is 11.5. The molecule has 0 aliphatic rings. The fraction of sp³-hybridized carbons (Fsp3) is 0.931.